The van der Waals surface area contributed by atoms with Gasteiger partial charge in [-0.2, -0.15) is 0 Å². The maximum Gasteiger partial charge on any atom is 0.261 e. The van der Waals surface area contributed by atoms with Crippen molar-refractivity contribution in [1.29, 1.82) is 0 Å². The van der Waals surface area contributed by atoms with Crippen molar-refractivity contribution in [3.8, 4) is 0 Å². The molecule has 0 atom stereocenters. The van der Waals surface area contributed by atoms with Gasteiger partial charge in [-0.15, -0.1) is 0 Å². The van der Waals surface area contributed by atoms with Crippen molar-refractivity contribution >= 4 is 26.7 Å². The number of hydrogen-bond donors (Lipinski definition) is 1. The molecule has 0 aliphatic carbocycles. The lowest BCUT2D eigenvalue weighted by molar-refractivity contribution is 0.601. The quantitative estimate of drug-likeness (QED) is 0.373. The predicted octanol–water partition coefficient (Wildman–Crippen LogP) is 5.77. The zero-order valence-electron chi connectivity index (χ0n) is 18.7. The highest BCUT2D eigenvalue weighted by molar-refractivity contribution is 7.92. The minimum atomic E-state index is -3.63. The summed E-state index contributed by atoms with van der Waals surface area (Å²) >= 11 is 0. The topological polar surface area (TPSA) is 64.0 Å². The van der Waals surface area contributed by atoms with E-state index in [9.17, 15) is 8.42 Å². The van der Waals surface area contributed by atoms with Gasteiger partial charge in [-0.25, -0.2) is 13.4 Å². The van der Waals surface area contributed by atoms with Gasteiger partial charge in [0.1, 0.15) is 5.82 Å². The number of sulfonamides is 1. The molecule has 32 heavy (non-hydrogen) atoms. The lowest BCUT2D eigenvalue weighted by Crippen LogP contribution is -2.13. The van der Waals surface area contributed by atoms with Crippen LogP contribution < -0.4 is 4.72 Å². The van der Waals surface area contributed by atoms with Gasteiger partial charge >= 0.3 is 0 Å². The summed E-state index contributed by atoms with van der Waals surface area (Å²) in [5.74, 6) is 1.40. The SMILES string of the molecule is CCn1c(CCc2cccc(NS(=O)(=O)c3ccc(C(C)C)cc3)c2)nc2ccccc21. The Bertz CT molecular complexity index is 1320. The number of anilines is 1. The van der Waals surface area contributed by atoms with E-state index < -0.39 is 10.0 Å². The highest BCUT2D eigenvalue weighted by Crippen LogP contribution is 2.22. The molecule has 4 rings (SSSR count). The van der Waals surface area contributed by atoms with E-state index in [1.54, 1.807) is 18.2 Å². The van der Waals surface area contributed by atoms with E-state index in [0.29, 0.717) is 11.6 Å². The van der Waals surface area contributed by atoms with Crippen LogP contribution in [0, 0.1) is 0 Å². The Morgan fingerprint density at radius 2 is 1.69 bits per heavy atom. The standard InChI is InChI=1S/C26H29N3O2S/c1-4-29-25-11-6-5-10-24(25)27-26(29)17-12-20-8-7-9-22(18-20)28-32(30,31)23-15-13-21(14-16-23)19(2)3/h5-11,13-16,18-19,28H,4,12,17H2,1-3H3. The molecule has 0 unspecified atom stereocenters. The lowest BCUT2D eigenvalue weighted by atomic mass is 10.0. The Hall–Kier alpha value is -3.12. The van der Waals surface area contributed by atoms with Crippen molar-refractivity contribution in [3.05, 3.63) is 89.7 Å². The molecule has 3 aromatic carbocycles. The molecule has 0 spiro atoms. The van der Waals surface area contributed by atoms with Gasteiger partial charge < -0.3 is 4.57 Å². The summed E-state index contributed by atoms with van der Waals surface area (Å²) in [5, 5.41) is 0. The van der Waals surface area contributed by atoms with Crippen LogP contribution in [0.5, 0.6) is 0 Å². The number of aromatic nitrogens is 2. The average Bonchev–Trinajstić information content (AvgIpc) is 3.15. The normalized spacial score (nSPS) is 11.9. The molecule has 1 heterocycles. The highest BCUT2D eigenvalue weighted by Gasteiger charge is 2.15. The molecule has 6 heteroatoms. The Labute approximate surface area is 190 Å². The first-order chi connectivity index (χ1) is 15.4. The molecule has 0 saturated carbocycles. The molecule has 0 amide bonds. The van der Waals surface area contributed by atoms with E-state index >= 15 is 0 Å². The van der Waals surface area contributed by atoms with Crippen molar-refractivity contribution < 1.29 is 8.42 Å². The first kappa shape index (κ1) is 22.1. The number of hydrogen-bond acceptors (Lipinski definition) is 3. The molecule has 0 fully saturated rings. The molecule has 5 nitrogen and oxygen atoms in total. The van der Waals surface area contributed by atoms with E-state index in [1.165, 1.54) is 0 Å². The average molecular weight is 448 g/mol. The van der Waals surface area contributed by atoms with E-state index in [-0.39, 0.29) is 4.90 Å². The van der Waals surface area contributed by atoms with Crippen molar-refractivity contribution in [2.24, 2.45) is 0 Å². The number of nitrogens with one attached hydrogen (secondary N) is 1. The fraction of sp³-hybridized carbons (Fsp3) is 0.269. The van der Waals surface area contributed by atoms with Crippen LogP contribution in [-0.2, 0) is 29.4 Å². The molecule has 166 valence electrons. The van der Waals surface area contributed by atoms with E-state index in [4.69, 9.17) is 4.98 Å². The first-order valence-corrected chi connectivity index (χ1v) is 12.5. The zero-order valence-corrected chi connectivity index (χ0v) is 19.6. The van der Waals surface area contributed by atoms with Gasteiger partial charge in [-0.05, 0) is 66.8 Å². The smallest absolute Gasteiger partial charge is 0.261 e. The fourth-order valence-corrected chi connectivity index (χ4v) is 5.01. The summed E-state index contributed by atoms with van der Waals surface area (Å²) in [5.41, 5.74) is 4.91. The molecule has 0 radical (unpaired) electrons. The highest BCUT2D eigenvalue weighted by atomic mass is 32.2. The molecule has 0 saturated heterocycles. The first-order valence-electron chi connectivity index (χ1n) is 11.0. The van der Waals surface area contributed by atoms with Crippen LogP contribution in [0.3, 0.4) is 0 Å². The largest absolute Gasteiger partial charge is 0.328 e. The van der Waals surface area contributed by atoms with Gasteiger partial charge in [-0.3, -0.25) is 4.72 Å². The van der Waals surface area contributed by atoms with Gasteiger partial charge in [-0.1, -0.05) is 50.2 Å². The van der Waals surface area contributed by atoms with E-state index in [0.717, 1.165) is 47.4 Å². The molecular weight excluding hydrogens is 418 g/mol. The maximum absolute atomic E-state index is 12.8. The van der Waals surface area contributed by atoms with Gasteiger partial charge in [0.25, 0.3) is 10.0 Å². The lowest BCUT2D eigenvalue weighted by Gasteiger charge is -2.11. The second kappa shape index (κ2) is 9.17. The second-order valence-corrected chi connectivity index (χ2v) is 9.97. The fourth-order valence-electron chi connectivity index (χ4n) is 3.96. The Morgan fingerprint density at radius 3 is 2.41 bits per heavy atom. The second-order valence-electron chi connectivity index (χ2n) is 8.29. The molecule has 0 bridgehead atoms. The molecule has 1 N–H and O–H groups in total. The van der Waals surface area contributed by atoms with E-state index in [1.807, 2.05) is 48.5 Å². The Morgan fingerprint density at radius 1 is 0.938 bits per heavy atom. The summed E-state index contributed by atoms with van der Waals surface area (Å²) in [7, 11) is -3.63. The van der Waals surface area contributed by atoms with Gasteiger partial charge in [0.15, 0.2) is 0 Å². The van der Waals surface area contributed by atoms with Gasteiger partial charge in [0.05, 0.1) is 15.9 Å². The maximum atomic E-state index is 12.8. The number of para-hydroxylation sites is 2. The third-order valence-electron chi connectivity index (χ3n) is 5.72. The molecule has 4 aromatic rings. The third-order valence-corrected chi connectivity index (χ3v) is 7.12. The number of rotatable bonds is 8. The minimum Gasteiger partial charge on any atom is -0.328 e. The van der Waals surface area contributed by atoms with Gasteiger partial charge in [0.2, 0.25) is 0 Å². The molecule has 0 aliphatic heterocycles. The monoisotopic (exact) mass is 447 g/mol. The summed E-state index contributed by atoms with van der Waals surface area (Å²) < 4.78 is 30.6. The van der Waals surface area contributed by atoms with Crippen molar-refractivity contribution in [3.63, 3.8) is 0 Å². The number of benzene rings is 3. The summed E-state index contributed by atoms with van der Waals surface area (Å²) in [6.45, 7) is 7.16. The van der Waals surface area contributed by atoms with Crippen LogP contribution in [0.25, 0.3) is 11.0 Å². The molecular formula is C26H29N3O2S. The Balaban J connectivity index is 1.49. The van der Waals surface area contributed by atoms with Crippen LogP contribution in [-0.4, -0.2) is 18.0 Å². The van der Waals surface area contributed by atoms with Crippen LogP contribution >= 0.6 is 0 Å². The van der Waals surface area contributed by atoms with Crippen molar-refractivity contribution in [2.45, 2.75) is 51.0 Å². The summed E-state index contributed by atoms with van der Waals surface area (Å²) in [4.78, 5) is 5.06. The summed E-state index contributed by atoms with van der Waals surface area (Å²) in [6, 6.07) is 22.8. The number of fused-ring (bicyclic) bond motifs is 1. The number of nitrogens with zero attached hydrogens (tertiary/aromatic N) is 2. The van der Waals surface area contributed by atoms with E-state index in [2.05, 4.69) is 36.1 Å². The van der Waals surface area contributed by atoms with Crippen molar-refractivity contribution in [1.82, 2.24) is 9.55 Å². The minimum absolute atomic E-state index is 0.268. The molecule has 1 aromatic heterocycles. The van der Waals surface area contributed by atoms with Crippen LogP contribution in [0.4, 0.5) is 5.69 Å². The van der Waals surface area contributed by atoms with Crippen molar-refractivity contribution in [2.75, 3.05) is 4.72 Å². The zero-order chi connectivity index (χ0) is 22.7. The van der Waals surface area contributed by atoms with Gasteiger partial charge in [0, 0.05) is 18.7 Å². The summed E-state index contributed by atoms with van der Waals surface area (Å²) in [6.07, 6.45) is 1.57. The van der Waals surface area contributed by atoms with Crippen LogP contribution in [0.1, 0.15) is 43.6 Å². The van der Waals surface area contributed by atoms with Crippen LogP contribution in [0.15, 0.2) is 77.7 Å². The Kier molecular flexibility index (Phi) is 6.33. The third kappa shape index (κ3) is 4.70. The number of aryl methyl sites for hydroxylation is 3. The van der Waals surface area contributed by atoms with Crippen LogP contribution in [0.2, 0.25) is 0 Å². The number of imidazole rings is 1. The predicted molar refractivity (Wildman–Crippen MR) is 131 cm³/mol. The molecule has 0 aliphatic rings.